The zero-order valence-electron chi connectivity index (χ0n) is 11.7. The van der Waals surface area contributed by atoms with E-state index >= 15 is 0 Å². The third kappa shape index (κ3) is 2.51. The Bertz CT molecular complexity index is 1100. The Hall–Kier alpha value is -2.93. The molecule has 3 heterocycles. The lowest BCUT2D eigenvalue weighted by Crippen LogP contribution is -2.23. The third-order valence-corrected chi connectivity index (χ3v) is 4.23. The van der Waals surface area contributed by atoms with Crippen molar-refractivity contribution >= 4 is 22.4 Å². The first kappa shape index (κ1) is 13.7. The van der Waals surface area contributed by atoms with Crippen LogP contribution in [-0.2, 0) is 0 Å². The van der Waals surface area contributed by atoms with E-state index in [-0.39, 0.29) is 11.4 Å². The zero-order valence-corrected chi connectivity index (χ0v) is 12.5. The second-order valence-corrected chi connectivity index (χ2v) is 5.85. The van der Waals surface area contributed by atoms with Gasteiger partial charge in [-0.15, -0.1) is 5.10 Å². The predicted octanol–water partition coefficient (Wildman–Crippen LogP) is 1.90. The summed E-state index contributed by atoms with van der Waals surface area (Å²) in [5, 5.41) is 4.24. The molecule has 0 spiro atoms. The molecule has 0 aliphatic heterocycles. The molecule has 1 aromatic carbocycles. The fraction of sp³-hybridized carbons (Fsp3) is 0. The Morgan fingerprint density at radius 2 is 2.00 bits per heavy atom. The van der Waals surface area contributed by atoms with E-state index in [1.165, 1.54) is 28.0 Å². The number of aromatic nitrogens is 4. The minimum Gasteiger partial charge on any atom is -0.266 e. The Morgan fingerprint density at radius 1 is 1.17 bits per heavy atom. The molecule has 4 aromatic rings. The molecule has 0 aliphatic rings. The van der Waals surface area contributed by atoms with Crippen molar-refractivity contribution in [2.45, 2.75) is 0 Å². The molecule has 0 unspecified atom stereocenters. The van der Waals surface area contributed by atoms with Gasteiger partial charge < -0.3 is 0 Å². The molecule has 0 aliphatic carbocycles. The topological polar surface area (TPSA) is 60.2 Å². The second kappa shape index (κ2) is 5.36. The van der Waals surface area contributed by atoms with E-state index in [2.05, 4.69) is 15.1 Å². The highest BCUT2D eigenvalue weighted by atomic mass is 32.1. The maximum absolute atomic E-state index is 13.2. The number of nitrogens with zero attached hydrogens (tertiary/aromatic N) is 4. The number of thiazole rings is 1. The lowest BCUT2D eigenvalue weighted by molar-refractivity contribution is 0.627. The molecule has 3 aromatic heterocycles. The normalized spacial score (nSPS) is 12.1. The molecule has 0 saturated heterocycles. The van der Waals surface area contributed by atoms with E-state index in [1.54, 1.807) is 42.7 Å². The number of fused-ring (bicyclic) bond motifs is 1. The summed E-state index contributed by atoms with van der Waals surface area (Å²) in [5.41, 5.74) is 1.16. The Morgan fingerprint density at radius 3 is 2.74 bits per heavy atom. The number of benzene rings is 1. The average Bonchev–Trinajstić information content (AvgIpc) is 3.09. The summed E-state index contributed by atoms with van der Waals surface area (Å²) < 4.78 is 15.0. The molecule has 4 rings (SSSR count). The van der Waals surface area contributed by atoms with Gasteiger partial charge in [-0.3, -0.25) is 9.78 Å². The highest BCUT2D eigenvalue weighted by Crippen LogP contribution is 2.15. The van der Waals surface area contributed by atoms with Crippen molar-refractivity contribution in [2.24, 2.45) is 0 Å². The van der Waals surface area contributed by atoms with E-state index in [0.717, 1.165) is 5.56 Å². The van der Waals surface area contributed by atoms with Crippen molar-refractivity contribution in [2.75, 3.05) is 0 Å². The molecule has 0 N–H and O–H groups in total. The summed E-state index contributed by atoms with van der Waals surface area (Å²) >= 11 is 1.22. The van der Waals surface area contributed by atoms with Gasteiger partial charge in [-0.05, 0) is 35.9 Å². The molecule has 0 radical (unpaired) electrons. The summed E-state index contributed by atoms with van der Waals surface area (Å²) in [6, 6.07) is 9.63. The zero-order chi connectivity index (χ0) is 15.8. The molecule has 0 bridgehead atoms. The number of pyridine rings is 1. The van der Waals surface area contributed by atoms with Crippen LogP contribution in [0.25, 0.3) is 22.4 Å². The average molecular weight is 324 g/mol. The lowest BCUT2D eigenvalue weighted by Gasteiger charge is -1.91. The number of rotatable bonds is 2. The largest absolute Gasteiger partial charge is 0.291 e. The number of hydrogen-bond donors (Lipinski definition) is 0. The minimum absolute atomic E-state index is 0.262. The van der Waals surface area contributed by atoms with E-state index in [0.29, 0.717) is 20.9 Å². The van der Waals surface area contributed by atoms with Gasteiger partial charge in [-0.1, -0.05) is 23.5 Å². The Labute approximate surface area is 133 Å². The highest BCUT2D eigenvalue weighted by molar-refractivity contribution is 7.15. The Balaban J connectivity index is 1.84. The van der Waals surface area contributed by atoms with E-state index in [1.807, 2.05) is 0 Å². The number of hydrogen-bond acceptors (Lipinski definition) is 5. The summed E-state index contributed by atoms with van der Waals surface area (Å²) in [7, 11) is 0. The molecule has 23 heavy (non-hydrogen) atoms. The molecule has 112 valence electrons. The molecule has 0 saturated carbocycles. The van der Waals surface area contributed by atoms with Crippen molar-refractivity contribution in [3.05, 3.63) is 75.1 Å². The lowest BCUT2D eigenvalue weighted by atomic mass is 10.2. The van der Waals surface area contributed by atoms with E-state index < -0.39 is 0 Å². The minimum atomic E-state index is -0.342. The van der Waals surface area contributed by atoms with Crippen LogP contribution in [0.15, 0.2) is 53.6 Å². The van der Waals surface area contributed by atoms with Crippen LogP contribution in [-0.4, -0.2) is 19.6 Å². The molecule has 5 nitrogen and oxygen atoms in total. The van der Waals surface area contributed by atoms with Gasteiger partial charge in [0.2, 0.25) is 4.96 Å². The first-order chi connectivity index (χ1) is 11.2. The van der Waals surface area contributed by atoms with Gasteiger partial charge in [0.15, 0.2) is 5.82 Å². The molecule has 0 fully saturated rings. The first-order valence-electron chi connectivity index (χ1n) is 6.78. The van der Waals surface area contributed by atoms with E-state index in [9.17, 15) is 9.18 Å². The van der Waals surface area contributed by atoms with Gasteiger partial charge in [0, 0.05) is 18.0 Å². The summed E-state index contributed by atoms with van der Waals surface area (Å²) in [6.45, 7) is 0. The summed E-state index contributed by atoms with van der Waals surface area (Å²) in [5.74, 6) is 0.138. The number of halogens is 1. The summed E-state index contributed by atoms with van der Waals surface area (Å²) in [6.07, 6.45) is 4.93. The third-order valence-electron chi connectivity index (χ3n) is 3.27. The van der Waals surface area contributed by atoms with Crippen molar-refractivity contribution < 1.29 is 4.39 Å². The standard InChI is InChI=1S/C16H9FN4OS/c17-12-3-1-2-10(8-12)9-13-15(22)21-16(23-13)19-14(20-21)11-4-6-18-7-5-11/h1-9H/b13-9-. The fourth-order valence-electron chi connectivity index (χ4n) is 2.20. The molecule has 0 amide bonds. The van der Waals surface area contributed by atoms with Crippen LogP contribution in [0.5, 0.6) is 0 Å². The summed E-state index contributed by atoms with van der Waals surface area (Å²) in [4.78, 5) is 21.2. The SMILES string of the molecule is O=c1/c(=C/c2cccc(F)c2)sc2nc(-c3ccncc3)nn12. The smallest absolute Gasteiger partial charge is 0.266 e. The van der Waals surface area contributed by atoms with Crippen molar-refractivity contribution in [1.82, 2.24) is 19.6 Å². The van der Waals surface area contributed by atoms with Crippen LogP contribution in [0.1, 0.15) is 5.56 Å². The molecule has 0 atom stereocenters. The van der Waals surface area contributed by atoms with Crippen LogP contribution >= 0.6 is 11.3 Å². The van der Waals surface area contributed by atoms with Crippen LogP contribution in [0.4, 0.5) is 4.39 Å². The maximum Gasteiger partial charge on any atom is 0.291 e. The quantitative estimate of drug-likeness (QED) is 0.565. The van der Waals surface area contributed by atoms with E-state index in [4.69, 9.17) is 0 Å². The van der Waals surface area contributed by atoms with Crippen molar-refractivity contribution in [3.63, 3.8) is 0 Å². The van der Waals surface area contributed by atoms with Crippen LogP contribution in [0.2, 0.25) is 0 Å². The van der Waals surface area contributed by atoms with Gasteiger partial charge in [-0.25, -0.2) is 4.39 Å². The Kier molecular flexibility index (Phi) is 3.20. The maximum atomic E-state index is 13.2. The van der Waals surface area contributed by atoms with Crippen molar-refractivity contribution in [1.29, 1.82) is 0 Å². The highest BCUT2D eigenvalue weighted by Gasteiger charge is 2.11. The first-order valence-corrected chi connectivity index (χ1v) is 7.60. The van der Waals surface area contributed by atoms with Gasteiger partial charge in [0.25, 0.3) is 5.56 Å². The van der Waals surface area contributed by atoms with Crippen LogP contribution < -0.4 is 10.1 Å². The van der Waals surface area contributed by atoms with Gasteiger partial charge >= 0.3 is 0 Å². The second-order valence-electron chi connectivity index (χ2n) is 4.84. The monoisotopic (exact) mass is 324 g/mol. The van der Waals surface area contributed by atoms with Crippen molar-refractivity contribution in [3.8, 4) is 11.4 Å². The predicted molar refractivity (Wildman–Crippen MR) is 85.5 cm³/mol. The van der Waals surface area contributed by atoms with Gasteiger partial charge in [-0.2, -0.15) is 9.50 Å². The molecule has 7 heteroatoms. The molecular formula is C16H9FN4OS. The fourth-order valence-corrected chi connectivity index (χ4v) is 3.11. The molecular weight excluding hydrogens is 315 g/mol. The van der Waals surface area contributed by atoms with Gasteiger partial charge in [0.1, 0.15) is 5.82 Å². The van der Waals surface area contributed by atoms with Gasteiger partial charge in [0.05, 0.1) is 4.53 Å². The van der Waals surface area contributed by atoms with Crippen LogP contribution in [0, 0.1) is 5.82 Å². The van der Waals surface area contributed by atoms with Crippen LogP contribution in [0.3, 0.4) is 0 Å².